The number of fused-ring (bicyclic) bond motifs is 1. The van der Waals surface area contributed by atoms with Crippen molar-refractivity contribution in [3.8, 4) is 0 Å². The second kappa shape index (κ2) is 9.81. The van der Waals surface area contributed by atoms with Crippen molar-refractivity contribution in [3.05, 3.63) is 58.4 Å². The molecule has 0 bridgehead atoms. The van der Waals surface area contributed by atoms with Gasteiger partial charge in [-0.05, 0) is 68.1 Å². The number of sulfonamides is 1. The van der Waals surface area contributed by atoms with Crippen LogP contribution in [0.2, 0.25) is 0 Å². The Bertz CT molecular complexity index is 1400. The zero-order chi connectivity index (χ0) is 24.5. The molecule has 4 rings (SSSR count). The summed E-state index contributed by atoms with van der Waals surface area (Å²) in [6.07, 6.45) is 1.88. The van der Waals surface area contributed by atoms with Crippen LogP contribution in [0.1, 0.15) is 47.4 Å². The Morgan fingerprint density at radius 2 is 1.85 bits per heavy atom. The molecular formula is C24H27N3O5S2. The fourth-order valence-electron chi connectivity index (χ4n) is 4.02. The Kier molecular flexibility index (Phi) is 7.01. The molecule has 1 aromatic heterocycles. The molecule has 2 aromatic carbocycles. The summed E-state index contributed by atoms with van der Waals surface area (Å²) < 4.78 is 35.0. The molecule has 0 saturated carbocycles. The van der Waals surface area contributed by atoms with Gasteiger partial charge in [0.05, 0.1) is 27.3 Å². The second-order valence-corrected chi connectivity index (χ2v) is 11.3. The number of benzene rings is 2. The van der Waals surface area contributed by atoms with Gasteiger partial charge in [0.15, 0.2) is 4.80 Å². The van der Waals surface area contributed by atoms with E-state index in [0.717, 1.165) is 23.1 Å². The van der Waals surface area contributed by atoms with Gasteiger partial charge in [0.1, 0.15) is 0 Å². The van der Waals surface area contributed by atoms with Crippen LogP contribution in [0.5, 0.6) is 0 Å². The van der Waals surface area contributed by atoms with E-state index in [-0.39, 0.29) is 4.90 Å². The first-order valence-corrected chi connectivity index (χ1v) is 13.4. The van der Waals surface area contributed by atoms with Crippen LogP contribution < -0.4 is 4.80 Å². The van der Waals surface area contributed by atoms with Crippen molar-refractivity contribution in [1.29, 1.82) is 0 Å². The smallest absolute Gasteiger partial charge is 0.338 e. The average molecular weight is 502 g/mol. The van der Waals surface area contributed by atoms with E-state index >= 15 is 0 Å². The Labute approximate surface area is 202 Å². The Hall–Kier alpha value is -2.82. The predicted molar refractivity (Wildman–Crippen MR) is 130 cm³/mol. The van der Waals surface area contributed by atoms with Crippen molar-refractivity contribution < 1.29 is 22.7 Å². The lowest BCUT2D eigenvalue weighted by molar-refractivity contribution is 0.0526. The number of hydrogen-bond donors (Lipinski definition) is 0. The highest BCUT2D eigenvalue weighted by molar-refractivity contribution is 7.89. The first-order valence-electron chi connectivity index (χ1n) is 11.2. The largest absolute Gasteiger partial charge is 0.462 e. The maximum atomic E-state index is 12.9. The highest BCUT2D eigenvalue weighted by atomic mass is 32.2. The second-order valence-electron chi connectivity index (χ2n) is 8.40. The molecule has 2 heterocycles. The van der Waals surface area contributed by atoms with Crippen molar-refractivity contribution in [2.45, 2.75) is 31.6 Å². The van der Waals surface area contributed by atoms with Gasteiger partial charge in [-0.1, -0.05) is 18.3 Å². The molecule has 0 radical (unpaired) electrons. The zero-order valence-corrected chi connectivity index (χ0v) is 21.0. The minimum atomic E-state index is -3.58. The molecule has 1 aliphatic heterocycles. The average Bonchev–Trinajstić information content (AvgIpc) is 3.13. The standard InChI is InChI=1S/C24H27N3O5S2/c1-4-32-23(29)18-9-12-20-21(14-18)33-24(26(20)3)25-22(28)17-7-10-19(11-8-17)34(30,31)27-13-5-6-16(2)15-27/h7-12,14,16H,4-6,13,15H2,1-3H3. The number of rotatable bonds is 5. The summed E-state index contributed by atoms with van der Waals surface area (Å²) in [6.45, 7) is 5.12. The third-order valence-electron chi connectivity index (χ3n) is 5.88. The molecule has 1 amide bonds. The molecule has 1 aliphatic rings. The van der Waals surface area contributed by atoms with E-state index in [2.05, 4.69) is 11.9 Å². The molecule has 34 heavy (non-hydrogen) atoms. The minimum Gasteiger partial charge on any atom is -0.462 e. The summed E-state index contributed by atoms with van der Waals surface area (Å²) in [6, 6.07) is 11.1. The van der Waals surface area contributed by atoms with E-state index in [1.165, 1.54) is 39.9 Å². The summed E-state index contributed by atoms with van der Waals surface area (Å²) in [5.74, 6) is -0.536. The summed E-state index contributed by atoms with van der Waals surface area (Å²) >= 11 is 1.29. The third kappa shape index (κ3) is 4.84. The number of thiazole rings is 1. The van der Waals surface area contributed by atoms with Crippen molar-refractivity contribution in [2.24, 2.45) is 18.0 Å². The van der Waals surface area contributed by atoms with Crippen molar-refractivity contribution in [2.75, 3.05) is 19.7 Å². The van der Waals surface area contributed by atoms with Crippen LogP contribution in [-0.4, -0.2) is 48.9 Å². The summed E-state index contributed by atoms with van der Waals surface area (Å²) in [7, 11) is -1.79. The number of ether oxygens (including phenoxy) is 1. The number of aryl methyl sites for hydroxylation is 1. The van der Waals surface area contributed by atoms with Crippen LogP contribution in [0.3, 0.4) is 0 Å². The molecule has 1 fully saturated rings. The third-order valence-corrected chi connectivity index (χ3v) is 8.85. The van der Waals surface area contributed by atoms with Gasteiger partial charge in [0, 0.05) is 25.7 Å². The Morgan fingerprint density at radius 1 is 1.15 bits per heavy atom. The SMILES string of the molecule is CCOC(=O)c1ccc2c(c1)sc(=NC(=O)c1ccc(S(=O)(=O)N3CCCC(C)C3)cc1)n2C. The van der Waals surface area contributed by atoms with Crippen molar-refractivity contribution >= 4 is 43.5 Å². The Balaban J connectivity index is 1.59. The number of carbonyl (C=O) groups is 2. The maximum absolute atomic E-state index is 12.9. The number of nitrogens with zero attached hydrogens (tertiary/aromatic N) is 3. The number of piperidine rings is 1. The van der Waals surface area contributed by atoms with E-state index in [1.807, 2.05) is 0 Å². The van der Waals surface area contributed by atoms with Gasteiger partial charge in [-0.25, -0.2) is 13.2 Å². The summed E-state index contributed by atoms with van der Waals surface area (Å²) in [5, 5.41) is 0. The fourth-order valence-corrected chi connectivity index (χ4v) is 6.67. The van der Waals surface area contributed by atoms with Gasteiger partial charge >= 0.3 is 5.97 Å². The number of esters is 1. The molecule has 3 aromatic rings. The molecule has 10 heteroatoms. The lowest BCUT2D eigenvalue weighted by Gasteiger charge is -2.30. The molecule has 0 N–H and O–H groups in total. The van der Waals surface area contributed by atoms with E-state index in [9.17, 15) is 18.0 Å². The molecule has 1 unspecified atom stereocenters. The van der Waals surface area contributed by atoms with Gasteiger partial charge in [-0.3, -0.25) is 4.79 Å². The molecular weight excluding hydrogens is 474 g/mol. The van der Waals surface area contributed by atoms with E-state index < -0.39 is 21.9 Å². The monoisotopic (exact) mass is 501 g/mol. The van der Waals surface area contributed by atoms with Crippen LogP contribution in [0.15, 0.2) is 52.4 Å². The topological polar surface area (TPSA) is 98.0 Å². The number of aromatic nitrogens is 1. The maximum Gasteiger partial charge on any atom is 0.338 e. The molecule has 1 saturated heterocycles. The molecule has 180 valence electrons. The Morgan fingerprint density at radius 3 is 2.53 bits per heavy atom. The van der Waals surface area contributed by atoms with E-state index in [0.29, 0.717) is 41.5 Å². The van der Waals surface area contributed by atoms with E-state index in [4.69, 9.17) is 4.74 Å². The van der Waals surface area contributed by atoms with Crippen LogP contribution in [0.4, 0.5) is 0 Å². The first kappa shape index (κ1) is 24.3. The fraction of sp³-hybridized carbons (Fsp3) is 0.375. The lowest BCUT2D eigenvalue weighted by atomic mass is 10.0. The van der Waals surface area contributed by atoms with Crippen molar-refractivity contribution in [1.82, 2.24) is 8.87 Å². The van der Waals surface area contributed by atoms with Crippen LogP contribution in [-0.2, 0) is 21.8 Å². The highest BCUT2D eigenvalue weighted by Gasteiger charge is 2.28. The van der Waals surface area contributed by atoms with Gasteiger partial charge in [-0.2, -0.15) is 9.30 Å². The number of amides is 1. The lowest BCUT2D eigenvalue weighted by Crippen LogP contribution is -2.39. The van der Waals surface area contributed by atoms with Gasteiger partial charge in [-0.15, -0.1) is 0 Å². The minimum absolute atomic E-state index is 0.178. The quantitative estimate of drug-likeness (QED) is 0.498. The number of carbonyl (C=O) groups excluding carboxylic acids is 2. The normalized spacial score (nSPS) is 17.7. The predicted octanol–water partition coefficient (Wildman–Crippen LogP) is 3.58. The summed E-state index contributed by atoms with van der Waals surface area (Å²) in [5.41, 5.74) is 1.58. The number of hydrogen-bond acceptors (Lipinski definition) is 6. The van der Waals surface area contributed by atoms with Crippen LogP contribution >= 0.6 is 11.3 Å². The van der Waals surface area contributed by atoms with Gasteiger partial charge in [0.25, 0.3) is 5.91 Å². The van der Waals surface area contributed by atoms with Crippen LogP contribution in [0.25, 0.3) is 10.2 Å². The molecule has 0 aliphatic carbocycles. The van der Waals surface area contributed by atoms with Gasteiger partial charge < -0.3 is 9.30 Å². The molecule has 1 atom stereocenters. The highest BCUT2D eigenvalue weighted by Crippen LogP contribution is 2.24. The first-order chi connectivity index (χ1) is 16.2. The van der Waals surface area contributed by atoms with E-state index in [1.54, 1.807) is 36.7 Å². The summed E-state index contributed by atoms with van der Waals surface area (Å²) in [4.78, 5) is 29.7. The van der Waals surface area contributed by atoms with Gasteiger partial charge in [0.2, 0.25) is 10.0 Å². The van der Waals surface area contributed by atoms with Crippen LogP contribution in [0, 0.1) is 5.92 Å². The molecule has 0 spiro atoms. The zero-order valence-electron chi connectivity index (χ0n) is 19.4. The molecule has 8 nitrogen and oxygen atoms in total. The van der Waals surface area contributed by atoms with Crippen molar-refractivity contribution in [3.63, 3.8) is 0 Å².